The number of rotatable bonds is 12. The van der Waals surface area contributed by atoms with Gasteiger partial charge in [-0.3, -0.25) is 0 Å². The molecule has 4 atom stereocenters. The minimum Gasteiger partial charge on any atom is -0.417 e. The molecule has 0 aliphatic carbocycles. The van der Waals surface area contributed by atoms with Crippen LogP contribution in [0.2, 0.25) is 37.3 Å². The molecule has 4 aliphatic heterocycles. The first-order valence-electron chi connectivity index (χ1n) is 12.2. The molecule has 0 aromatic carbocycles. The topological polar surface area (TPSA) is 62.0 Å². The van der Waals surface area contributed by atoms with Gasteiger partial charge in [0.1, 0.15) is 12.2 Å². The van der Waals surface area contributed by atoms with Gasteiger partial charge >= 0.3 is 0 Å². The normalized spacial score (nSPS) is 35.4. The molecule has 0 N–H and O–H groups in total. The van der Waals surface area contributed by atoms with Gasteiger partial charge in [0.15, 0.2) is 16.6 Å². The van der Waals surface area contributed by atoms with E-state index >= 15 is 0 Å². The van der Waals surface area contributed by atoms with Gasteiger partial charge in [-0.25, -0.2) is 0 Å². The van der Waals surface area contributed by atoms with E-state index in [4.69, 9.17) is 27.8 Å². The van der Waals surface area contributed by atoms with E-state index in [0.717, 1.165) is 65.7 Å². The Hall–Kier alpha value is 0.194. The monoisotopic (exact) mass is 460 g/mol. The molecule has 6 nitrogen and oxygen atoms in total. The molecule has 4 saturated heterocycles. The third-order valence-electron chi connectivity index (χ3n) is 6.50. The molecular formula is C22H44O6Si2. The van der Waals surface area contributed by atoms with Crippen LogP contribution in [0.5, 0.6) is 0 Å². The van der Waals surface area contributed by atoms with Crippen LogP contribution in [-0.2, 0) is 27.8 Å². The Balaban J connectivity index is 0.000000171. The van der Waals surface area contributed by atoms with Crippen LogP contribution in [0, 0.1) is 0 Å². The maximum atomic E-state index is 5.96. The third-order valence-corrected chi connectivity index (χ3v) is 13.9. The molecule has 4 aliphatic rings. The minimum absolute atomic E-state index is 0.406. The van der Waals surface area contributed by atoms with Gasteiger partial charge in [0.2, 0.25) is 0 Å². The Kier molecular flexibility index (Phi) is 10.8. The van der Waals surface area contributed by atoms with Crippen LogP contribution >= 0.6 is 0 Å². The number of epoxide rings is 2. The Morgan fingerprint density at radius 1 is 0.700 bits per heavy atom. The maximum Gasteiger partial charge on any atom is 0.189 e. The highest BCUT2D eigenvalue weighted by molar-refractivity contribution is 6.73. The van der Waals surface area contributed by atoms with Crippen molar-refractivity contribution in [3.05, 3.63) is 0 Å². The van der Waals surface area contributed by atoms with Crippen molar-refractivity contribution in [2.75, 3.05) is 52.9 Å². The Bertz CT molecular complexity index is 419. The molecule has 0 radical (unpaired) electrons. The summed E-state index contributed by atoms with van der Waals surface area (Å²) >= 11 is 0. The summed E-state index contributed by atoms with van der Waals surface area (Å²) in [5.41, 5.74) is 0. The Labute approximate surface area is 185 Å². The van der Waals surface area contributed by atoms with Crippen LogP contribution in [0.25, 0.3) is 0 Å². The van der Waals surface area contributed by atoms with Crippen molar-refractivity contribution in [2.24, 2.45) is 0 Å². The second kappa shape index (κ2) is 13.0. The molecule has 0 saturated carbocycles. The Morgan fingerprint density at radius 2 is 1.13 bits per heavy atom. The molecule has 0 aromatic rings. The van der Waals surface area contributed by atoms with Crippen LogP contribution in [0.3, 0.4) is 0 Å². The van der Waals surface area contributed by atoms with Gasteiger partial charge < -0.3 is 27.8 Å². The second-order valence-electron chi connectivity index (χ2n) is 9.78. The summed E-state index contributed by atoms with van der Waals surface area (Å²) in [6, 6.07) is 5.22. The summed E-state index contributed by atoms with van der Waals surface area (Å²) in [5.74, 6) is 0. The van der Waals surface area contributed by atoms with E-state index in [0.29, 0.717) is 12.2 Å². The van der Waals surface area contributed by atoms with Gasteiger partial charge in [-0.05, 0) is 63.0 Å². The summed E-state index contributed by atoms with van der Waals surface area (Å²) in [7, 11) is -2.62. The molecule has 4 unspecified atom stereocenters. The van der Waals surface area contributed by atoms with Crippen molar-refractivity contribution >= 4 is 16.6 Å². The van der Waals surface area contributed by atoms with Gasteiger partial charge in [-0.15, -0.1) is 0 Å². The first-order chi connectivity index (χ1) is 14.6. The van der Waals surface area contributed by atoms with Gasteiger partial charge in [0.05, 0.1) is 26.4 Å². The van der Waals surface area contributed by atoms with Crippen LogP contribution in [0.15, 0.2) is 0 Å². The van der Waals surface area contributed by atoms with E-state index in [-0.39, 0.29) is 0 Å². The lowest BCUT2D eigenvalue weighted by atomic mass is 10.4. The number of ether oxygens (including phenoxy) is 4. The van der Waals surface area contributed by atoms with E-state index in [1.54, 1.807) is 0 Å². The standard InChI is InChI=1S/2C11H22O3Si/c2*1-15(7-3-2-6-14-15)8-4-5-12-9-11-10-13-11/h2*11H,2-10H2,1H3. The number of hydrogen-bond acceptors (Lipinski definition) is 6. The van der Waals surface area contributed by atoms with Crippen molar-refractivity contribution in [2.45, 2.75) is 88.0 Å². The molecule has 0 spiro atoms. The van der Waals surface area contributed by atoms with Gasteiger partial charge in [-0.1, -0.05) is 12.8 Å². The first-order valence-corrected chi connectivity index (χ1v) is 17.9. The quantitative estimate of drug-likeness (QED) is 0.245. The fourth-order valence-corrected chi connectivity index (χ4v) is 10.4. The molecule has 30 heavy (non-hydrogen) atoms. The zero-order valence-electron chi connectivity index (χ0n) is 19.3. The second-order valence-corrected chi connectivity index (χ2v) is 18.2. The molecular weight excluding hydrogens is 416 g/mol. The first kappa shape index (κ1) is 24.8. The van der Waals surface area contributed by atoms with E-state index in [9.17, 15) is 0 Å². The molecule has 4 heterocycles. The van der Waals surface area contributed by atoms with Crippen molar-refractivity contribution in [1.29, 1.82) is 0 Å². The van der Waals surface area contributed by atoms with E-state index in [2.05, 4.69) is 13.1 Å². The fourth-order valence-electron chi connectivity index (χ4n) is 4.23. The van der Waals surface area contributed by atoms with Crippen LogP contribution in [-0.4, -0.2) is 81.7 Å². The van der Waals surface area contributed by atoms with Crippen molar-refractivity contribution in [3.8, 4) is 0 Å². The zero-order chi connectivity index (χ0) is 21.1. The van der Waals surface area contributed by atoms with Crippen molar-refractivity contribution < 1.29 is 27.8 Å². The lowest BCUT2D eigenvalue weighted by Gasteiger charge is -2.31. The Morgan fingerprint density at radius 3 is 1.47 bits per heavy atom. The summed E-state index contributed by atoms with van der Waals surface area (Å²) in [4.78, 5) is 0. The van der Waals surface area contributed by atoms with Gasteiger partial charge in [0, 0.05) is 26.4 Å². The molecule has 8 heteroatoms. The van der Waals surface area contributed by atoms with Crippen molar-refractivity contribution in [3.63, 3.8) is 0 Å². The highest BCUT2D eigenvalue weighted by Crippen LogP contribution is 2.27. The predicted molar refractivity (Wildman–Crippen MR) is 123 cm³/mol. The summed E-state index contributed by atoms with van der Waals surface area (Å²) < 4.78 is 33.2. The van der Waals surface area contributed by atoms with Crippen molar-refractivity contribution in [1.82, 2.24) is 0 Å². The third kappa shape index (κ3) is 10.7. The van der Waals surface area contributed by atoms with Gasteiger partial charge in [-0.2, -0.15) is 0 Å². The molecule has 4 rings (SSSR count). The summed E-state index contributed by atoms with van der Waals surface area (Å²) in [6.45, 7) is 11.9. The fraction of sp³-hybridized carbons (Fsp3) is 1.00. The highest BCUT2D eigenvalue weighted by Gasteiger charge is 2.31. The van der Waals surface area contributed by atoms with E-state index in [1.165, 1.54) is 49.9 Å². The molecule has 0 aromatic heterocycles. The van der Waals surface area contributed by atoms with Crippen LogP contribution in [0.4, 0.5) is 0 Å². The largest absolute Gasteiger partial charge is 0.417 e. The highest BCUT2D eigenvalue weighted by atomic mass is 28.4. The average molecular weight is 461 g/mol. The molecule has 0 amide bonds. The zero-order valence-corrected chi connectivity index (χ0v) is 21.3. The maximum absolute atomic E-state index is 5.96. The smallest absolute Gasteiger partial charge is 0.189 e. The minimum atomic E-state index is -1.31. The van der Waals surface area contributed by atoms with E-state index in [1.807, 2.05) is 0 Å². The van der Waals surface area contributed by atoms with Crippen LogP contribution < -0.4 is 0 Å². The summed E-state index contributed by atoms with van der Waals surface area (Å²) in [5, 5.41) is 0. The molecule has 0 bridgehead atoms. The number of hydrogen-bond donors (Lipinski definition) is 0. The average Bonchev–Trinajstić information content (AvgIpc) is 3.65. The lowest BCUT2D eigenvalue weighted by molar-refractivity contribution is 0.116. The van der Waals surface area contributed by atoms with Gasteiger partial charge in [0.25, 0.3) is 0 Å². The summed E-state index contributed by atoms with van der Waals surface area (Å²) in [6.07, 6.45) is 8.41. The molecule has 176 valence electrons. The lowest BCUT2D eigenvalue weighted by Crippen LogP contribution is -2.37. The SMILES string of the molecule is C[Si]1(CCCOCC2CO2)CCCCO1.C[Si]1(CCCOCC2CO2)CCCCO1. The predicted octanol–water partition coefficient (Wildman–Crippen LogP) is 4.36. The van der Waals surface area contributed by atoms with Crippen LogP contribution in [0.1, 0.15) is 38.5 Å². The van der Waals surface area contributed by atoms with E-state index < -0.39 is 16.6 Å². The molecule has 4 fully saturated rings.